The first-order valence-corrected chi connectivity index (χ1v) is 8.09. The lowest BCUT2D eigenvalue weighted by Gasteiger charge is -2.15. The third-order valence-electron chi connectivity index (χ3n) is 4.11. The Balaban J connectivity index is 2.48. The van der Waals surface area contributed by atoms with E-state index in [9.17, 15) is 0 Å². The zero-order chi connectivity index (χ0) is 14.8. The SMILES string of the molecule is C/C=C(\C)Cc1ccc(CCC(CCC)CCN)cc1. The van der Waals surface area contributed by atoms with Crippen LogP contribution in [0.3, 0.4) is 0 Å². The molecule has 1 aromatic carbocycles. The summed E-state index contributed by atoms with van der Waals surface area (Å²) < 4.78 is 0. The minimum absolute atomic E-state index is 0.801. The van der Waals surface area contributed by atoms with E-state index in [1.807, 2.05) is 0 Å². The molecule has 0 amide bonds. The maximum atomic E-state index is 5.70. The molecule has 0 heterocycles. The van der Waals surface area contributed by atoms with Crippen LogP contribution in [-0.4, -0.2) is 6.54 Å². The van der Waals surface area contributed by atoms with E-state index < -0.39 is 0 Å². The van der Waals surface area contributed by atoms with E-state index in [-0.39, 0.29) is 0 Å². The van der Waals surface area contributed by atoms with Gasteiger partial charge in [-0.05, 0) is 63.1 Å². The lowest BCUT2D eigenvalue weighted by molar-refractivity contribution is 0.421. The van der Waals surface area contributed by atoms with Crippen LogP contribution in [0.4, 0.5) is 0 Å². The van der Waals surface area contributed by atoms with Crippen LogP contribution >= 0.6 is 0 Å². The highest BCUT2D eigenvalue weighted by atomic mass is 14.5. The van der Waals surface area contributed by atoms with Crippen LogP contribution in [-0.2, 0) is 12.8 Å². The largest absolute Gasteiger partial charge is 0.330 e. The van der Waals surface area contributed by atoms with Crippen LogP contribution in [0.1, 0.15) is 57.6 Å². The van der Waals surface area contributed by atoms with Crippen molar-refractivity contribution in [1.29, 1.82) is 0 Å². The Morgan fingerprint density at radius 2 is 1.75 bits per heavy atom. The Kier molecular flexibility index (Phi) is 8.29. The number of rotatable bonds is 9. The highest BCUT2D eigenvalue weighted by Gasteiger charge is 2.07. The molecule has 112 valence electrons. The number of allylic oxidation sites excluding steroid dienone is 2. The first kappa shape index (κ1) is 17.0. The van der Waals surface area contributed by atoms with E-state index in [4.69, 9.17) is 5.73 Å². The first-order valence-electron chi connectivity index (χ1n) is 8.09. The normalized spacial score (nSPS) is 13.5. The molecule has 20 heavy (non-hydrogen) atoms. The maximum absolute atomic E-state index is 5.70. The second-order valence-electron chi connectivity index (χ2n) is 5.90. The molecule has 0 fully saturated rings. The molecule has 0 aliphatic carbocycles. The van der Waals surface area contributed by atoms with Gasteiger partial charge in [-0.2, -0.15) is 0 Å². The molecule has 1 rings (SSSR count). The number of aryl methyl sites for hydroxylation is 1. The molecule has 0 aliphatic rings. The van der Waals surface area contributed by atoms with Gasteiger partial charge in [-0.3, -0.25) is 0 Å². The van der Waals surface area contributed by atoms with Crippen molar-refractivity contribution in [2.75, 3.05) is 6.54 Å². The van der Waals surface area contributed by atoms with E-state index >= 15 is 0 Å². The Labute approximate surface area is 125 Å². The summed E-state index contributed by atoms with van der Waals surface area (Å²) in [5, 5.41) is 0. The number of hydrogen-bond donors (Lipinski definition) is 1. The Hall–Kier alpha value is -1.08. The Morgan fingerprint density at radius 3 is 2.30 bits per heavy atom. The van der Waals surface area contributed by atoms with E-state index in [2.05, 4.69) is 51.1 Å². The molecule has 0 radical (unpaired) electrons. The molecule has 0 aromatic heterocycles. The molecular formula is C19H31N. The fourth-order valence-corrected chi connectivity index (χ4v) is 2.70. The van der Waals surface area contributed by atoms with Gasteiger partial charge in [0.15, 0.2) is 0 Å². The van der Waals surface area contributed by atoms with Gasteiger partial charge in [0.1, 0.15) is 0 Å². The van der Waals surface area contributed by atoms with Gasteiger partial charge in [0.2, 0.25) is 0 Å². The van der Waals surface area contributed by atoms with Crippen LogP contribution < -0.4 is 5.73 Å². The molecule has 2 N–H and O–H groups in total. The molecule has 0 aliphatic heterocycles. The number of benzene rings is 1. The van der Waals surface area contributed by atoms with Gasteiger partial charge < -0.3 is 5.73 Å². The standard InChI is InChI=1S/C19H31N/c1-4-6-17(13-14-20)7-8-18-9-11-19(12-10-18)15-16(3)5-2/h5,9-12,17H,4,6-8,13-15,20H2,1-3H3/b16-5+. The summed E-state index contributed by atoms with van der Waals surface area (Å²) in [7, 11) is 0. The van der Waals surface area contributed by atoms with Crippen LogP contribution in [0.15, 0.2) is 35.9 Å². The zero-order valence-corrected chi connectivity index (χ0v) is 13.5. The van der Waals surface area contributed by atoms with Crippen LogP contribution in [0.25, 0.3) is 0 Å². The third kappa shape index (κ3) is 6.38. The van der Waals surface area contributed by atoms with Gasteiger partial charge in [0.25, 0.3) is 0 Å². The summed E-state index contributed by atoms with van der Waals surface area (Å²) in [6.07, 6.45) is 9.48. The predicted molar refractivity (Wildman–Crippen MR) is 90.0 cm³/mol. The molecule has 0 saturated carbocycles. The smallest absolute Gasteiger partial charge is 0.00700 e. The van der Waals surface area contributed by atoms with E-state index in [0.717, 1.165) is 18.9 Å². The summed E-state index contributed by atoms with van der Waals surface area (Å²) in [5.41, 5.74) is 10.0. The molecule has 1 nitrogen and oxygen atoms in total. The average Bonchev–Trinajstić information content (AvgIpc) is 2.46. The molecular weight excluding hydrogens is 242 g/mol. The summed E-state index contributed by atoms with van der Waals surface area (Å²) in [6.45, 7) is 7.39. The topological polar surface area (TPSA) is 26.0 Å². The van der Waals surface area contributed by atoms with Crippen LogP contribution in [0.2, 0.25) is 0 Å². The van der Waals surface area contributed by atoms with Crippen molar-refractivity contribution in [3.63, 3.8) is 0 Å². The van der Waals surface area contributed by atoms with E-state index in [1.165, 1.54) is 48.8 Å². The maximum Gasteiger partial charge on any atom is -0.00700 e. The number of hydrogen-bond acceptors (Lipinski definition) is 1. The van der Waals surface area contributed by atoms with Gasteiger partial charge in [-0.25, -0.2) is 0 Å². The Morgan fingerprint density at radius 1 is 1.10 bits per heavy atom. The van der Waals surface area contributed by atoms with Crippen molar-refractivity contribution in [2.45, 2.75) is 59.3 Å². The predicted octanol–water partition coefficient (Wildman–Crippen LogP) is 4.89. The van der Waals surface area contributed by atoms with Crippen molar-refractivity contribution in [3.05, 3.63) is 47.0 Å². The lowest BCUT2D eigenvalue weighted by Crippen LogP contribution is -2.09. The fraction of sp³-hybridized carbons (Fsp3) is 0.579. The zero-order valence-electron chi connectivity index (χ0n) is 13.5. The van der Waals surface area contributed by atoms with Crippen molar-refractivity contribution < 1.29 is 0 Å². The third-order valence-corrected chi connectivity index (χ3v) is 4.11. The minimum Gasteiger partial charge on any atom is -0.330 e. The molecule has 0 bridgehead atoms. The van der Waals surface area contributed by atoms with Gasteiger partial charge in [0, 0.05) is 0 Å². The highest BCUT2D eigenvalue weighted by molar-refractivity contribution is 5.26. The molecule has 1 heteroatoms. The van der Waals surface area contributed by atoms with Crippen molar-refractivity contribution in [1.82, 2.24) is 0 Å². The van der Waals surface area contributed by atoms with Gasteiger partial charge in [-0.1, -0.05) is 55.7 Å². The van der Waals surface area contributed by atoms with Crippen molar-refractivity contribution in [3.8, 4) is 0 Å². The van der Waals surface area contributed by atoms with E-state index in [1.54, 1.807) is 0 Å². The summed E-state index contributed by atoms with van der Waals surface area (Å²) >= 11 is 0. The Bertz CT molecular complexity index is 383. The highest BCUT2D eigenvalue weighted by Crippen LogP contribution is 2.19. The monoisotopic (exact) mass is 273 g/mol. The minimum atomic E-state index is 0.801. The van der Waals surface area contributed by atoms with E-state index in [0.29, 0.717) is 0 Å². The molecule has 1 unspecified atom stereocenters. The van der Waals surface area contributed by atoms with Crippen molar-refractivity contribution in [2.24, 2.45) is 11.7 Å². The van der Waals surface area contributed by atoms with Gasteiger partial charge in [-0.15, -0.1) is 0 Å². The quantitative estimate of drug-likeness (QED) is 0.637. The van der Waals surface area contributed by atoms with Gasteiger partial charge in [0.05, 0.1) is 0 Å². The van der Waals surface area contributed by atoms with Crippen LogP contribution in [0.5, 0.6) is 0 Å². The first-order chi connectivity index (χ1) is 9.69. The summed E-state index contributed by atoms with van der Waals surface area (Å²) in [5.74, 6) is 0.801. The average molecular weight is 273 g/mol. The van der Waals surface area contributed by atoms with Crippen molar-refractivity contribution >= 4 is 0 Å². The summed E-state index contributed by atoms with van der Waals surface area (Å²) in [4.78, 5) is 0. The molecule has 0 spiro atoms. The van der Waals surface area contributed by atoms with Crippen LogP contribution in [0, 0.1) is 5.92 Å². The summed E-state index contributed by atoms with van der Waals surface area (Å²) in [6, 6.07) is 9.15. The number of nitrogens with two attached hydrogens (primary N) is 1. The second kappa shape index (κ2) is 9.77. The molecule has 0 saturated heterocycles. The second-order valence-corrected chi connectivity index (χ2v) is 5.90. The molecule has 1 atom stereocenters. The lowest BCUT2D eigenvalue weighted by atomic mass is 9.92. The van der Waals surface area contributed by atoms with Gasteiger partial charge >= 0.3 is 0 Å². The fourth-order valence-electron chi connectivity index (χ4n) is 2.70. The molecule has 1 aromatic rings.